The van der Waals surface area contributed by atoms with Crippen LogP contribution in [0.5, 0.6) is 0 Å². The van der Waals surface area contributed by atoms with Gasteiger partial charge in [-0.15, -0.1) is 23.5 Å². The number of rotatable bonds is 2. The Morgan fingerprint density at radius 1 is 1.05 bits per heavy atom. The Morgan fingerprint density at radius 3 is 2.18 bits per heavy atom. The SMILES string of the molecule is Cc1cc2c(cc1C)CSC(c1cccc([N+](=O)[O-])c1)SC2. The van der Waals surface area contributed by atoms with Gasteiger partial charge in [-0.1, -0.05) is 24.3 Å². The smallest absolute Gasteiger partial charge is 0.258 e. The summed E-state index contributed by atoms with van der Waals surface area (Å²) in [4.78, 5) is 10.6. The van der Waals surface area contributed by atoms with Crippen LogP contribution in [0.25, 0.3) is 0 Å². The number of fused-ring (bicyclic) bond motifs is 1. The van der Waals surface area contributed by atoms with Gasteiger partial charge in [0.05, 0.1) is 9.51 Å². The maximum Gasteiger partial charge on any atom is 0.269 e. The van der Waals surface area contributed by atoms with Crippen LogP contribution >= 0.6 is 23.5 Å². The molecule has 22 heavy (non-hydrogen) atoms. The summed E-state index contributed by atoms with van der Waals surface area (Å²) >= 11 is 3.71. The van der Waals surface area contributed by atoms with E-state index >= 15 is 0 Å². The van der Waals surface area contributed by atoms with Crippen LogP contribution in [0.15, 0.2) is 36.4 Å². The lowest BCUT2D eigenvalue weighted by atomic mass is 10.0. The van der Waals surface area contributed by atoms with Gasteiger partial charge < -0.3 is 0 Å². The average Bonchev–Trinajstić information content (AvgIpc) is 2.70. The zero-order valence-corrected chi connectivity index (χ0v) is 14.2. The summed E-state index contributed by atoms with van der Waals surface area (Å²) in [6.45, 7) is 4.30. The van der Waals surface area contributed by atoms with Gasteiger partial charge in [-0.25, -0.2) is 0 Å². The van der Waals surface area contributed by atoms with Gasteiger partial charge in [0, 0.05) is 23.6 Å². The molecular formula is C17H17NO2S2. The lowest BCUT2D eigenvalue weighted by Crippen LogP contribution is -1.92. The van der Waals surface area contributed by atoms with E-state index in [4.69, 9.17) is 0 Å². The molecule has 0 fully saturated rings. The van der Waals surface area contributed by atoms with E-state index in [2.05, 4.69) is 26.0 Å². The Hall–Kier alpha value is -1.46. The van der Waals surface area contributed by atoms with E-state index in [1.807, 2.05) is 29.6 Å². The standard InChI is InChI=1S/C17H17NO2S2/c1-11-6-14-9-21-17(22-10-15(14)7-12(11)2)13-4-3-5-16(8-13)18(19)20/h3-8,17H,9-10H2,1-2H3. The highest BCUT2D eigenvalue weighted by Crippen LogP contribution is 2.46. The molecule has 0 N–H and O–H groups in total. The minimum absolute atomic E-state index is 0.173. The number of hydrogen-bond acceptors (Lipinski definition) is 4. The van der Waals surface area contributed by atoms with Gasteiger partial charge in [0.15, 0.2) is 0 Å². The first-order valence-electron chi connectivity index (χ1n) is 7.11. The molecule has 3 rings (SSSR count). The second-order valence-electron chi connectivity index (χ2n) is 5.51. The van der Waals surface area contributed by atoms with Crippen LogP contribution in [-0.2, 0) is 11.5 Å². The quantitative estimate of drug-likeness (QED) is 0.546. The zero-order chi connectivity index (χ0) is 15.7. The number of non-ortho nitro benzene ring substituents is 1. The molecule has 0 bridgehead atoms. The molecule has 1 heterocycles. The van der Waals surface area contributed by atoms with Gasteiger partial charge in [0.1, 0.15) is 0 Å². The molecule has 0 spiro atoms. The molecule has 114 valence electrons. The van der Waals surface area contributed by atoms with Gasteiger partial charge in [0.2, 0.25) is 0 Å². The summed E-state index contributed by atoms with van der Waals surface area (Å²) in [6, 6.07) is 11.6. The Morgan fingerprint density at radius 2 is 1.64 bits per heavy atom. The van der Waals surface area contributed by atoms with Crippen molar-refractivity contribution in [2.45, 2.75) is 29.9 Å². The van der Waals surface area contributed by atoms with E-state index in [1.54, 1.807) is 18.2 Å². The molecule has 0 saturated heterocycles. The molecular weight excluding hydrogens is 314 g/mol. The fourth-order valence-corrected chi connectivity index (χ4v) is 5.23. The van der Waals surface area contributed by atoms with Crippen molar-refractivity contribution in [3.05, 3.63) is 74.3 Å². The van der Waals surface area contributed by atoms with Crippen molar-refractivity contribution in [3.8, 4) is 0 Å². The summed E-state index contributed by atoms with van der Waals surface area (Å²) in [7, 11) is 0. The van der Waals surface area contributed by atoms with Crippen LogP contribution in [0.4, 0.5) is 5.69 Å². The topological polar surface area (TPSA) is 43.1 Å². The number of aryl methyl sites for hydroxylation is 2. The third-order valence-electron chi connectivity index (χ3n) is 3.95. The molecule has 5 heteroatoms. The first kappa shape index (κ1) is 15.4. The number of nitro groups is 1. The summed E-state index contributed by atoms with van der Waals surface area (Å²) in [5, 5.41) is 10.9. The molecule has 2 aromatic rings. The highest BCUT2D eigenvalue weighted by Gasteiger charge is 2.21. The molecule has 0 aliphatic carbocycles. The van der Waals surface area contributed by atoms with E-state index in [9.17, 15) is 10.1 Å². The fourth-order valence-electron chi connectivity index (χ4n) is 2.56. The highest BCUT2D eigenvalue weighted by molar-refractivity contribution is 8.15. The molecule has 0 aromatic heterocycles. The minimum Gasteiger partial charge on any atom is -0.258 e. The molecule has 0 atom stereocenters. The van der Waals surface area contributed by atoms with Crippen LogP contribution in [-0.4, -0.2) is 4.92 Å². The van der Waals surface area contributed by atoms with Gasteiger partial charge >= 0.3 is 0 Å². The van der Waals surface area contributed by atoms with Crippen molar-refractivity contribution in [2.75, 3.05) is 0 Å². The molecule has 0 unspecified atom stereocenters. The second kappa shape index (κ2) is 6.34. The maximum absolute atomic E-state index is 10.9. The molecule has 1 aliphatic heterocycles. The number of thioether (sulfide) groups is 2. The third kappa shape index (κ3) is 3.15. The van der Waals surface area contributed by atoms with Crippen LogP contribution < -0.4 is 0 Å². The monoisotopic (exact) mass is 331 g/mol. The fraction of sp³-hybridized carbons (Fsp3) is 0.294. The predicted molar refractivity (Wildman–Crippen MR) is 94.3 cm³/mol. The molecule has 0 amide bonds. The predicted octanol–water partition coefficient (Wildman–Crippen LogP) is 5.39. The Balaban J connectivity index is 1.85. The lowest BCUT2D eigenvalue weighted by molar-refractivity contribution is -0.384. The Bertz CT molecular complexity index is 698. The van der Waals surface area contributed by atoms with Crippen LogP contribution in [0.1, 0.15) is 32.4 Å². The van der Waals surface area contributed by atoms with Crippen LogP contribution in [0, 0.1) is 24.0 Å². The largest absolute Gasteiger partial charge is 0.269 e. The lowest BCUT2D eigenvalue weighted by Gasteiger charge is -2.13. The average molecular weight is 331 g/mol. The summed E-state index contributed by atoms with van der Waals surface area (Å²) < 4.78 is 0.243. The summed E-state index contributed by atoms with van der Waals surface area (Å²) in [5.74, 6) is 1.91. The molecule has 0 radical (unpaired) electrons. The summed E-state index contributed by atoms with van der Waals surface area (Å²) in [5.41, 5.74) is 6.66. The molecule has 0 saturated carbocycles. The maximum atomic E-state index is 10.9. The van der Waals surface area contributed by atoms with Crippen molar-refractivity contribution in [2.24, 2.45) is 0 Å². The Kier molecular flexibility index (Phi) is 4.45. The normalized spacial score (nSPS) is 15.2. The van der Waals surface area contributed by atoms with Gasteiger partial charge in [0.25, 0.3) is 5.69 Å². The summed E-state index contributed by atoms with van der Waals surface area (Å²) in [6.07, 6.45) is 0. The number of nitrogens with zero attached hydrogens (tertiary/aromatic N) is 1. The Labute approximate surface area is 138 Å². The molecule has 1 aliphatic rings. The van der Waals surface area contributed by atoms with Crippen molar-refractivity contribution in [1.29, 1.82) is 0 Å². The number of hydrogen-bond donors (Lipinski definition) is 0. The van der Waals surface area contributed by atoms with Gasteiger partial charge in [-0.05, 0) is 41.7 Å². The van der Waals surface area contributed by atoms with E-state index in [0.717, 1.165) is 17.1 Å². The van der Waals surface area contributed by atoms with Crippen LogP contribution in [0.2, 0.25) is 0 Å². The zero-order valence-electron chi connectivity index (χ0n) is 12.5. The highest BCUT2D eigenvalue weighted by atomic mass is 32.2. The number of nitro benzene ring substituents is 1. The minimum atomic E-state index is -0.322. The van der Waals surface area contributed by atoms with Crippen molar-refractivity contribution < 1.29 is 4.92 Å². The van der Waals surface area contributed by atoms with Crippen molar-refractivity contribution in [3.63, 3.8) is 0 Å². The second-order valence-corrected chi connectivity index (χ2v) is 8.00. The molecule has 3 nitrogen and oxygen atoms in total. The van der Waals surface area contributed by atoms with E-state index < -0.39 is 0 Å². The van der Waals surface area contributed by atoms with E-state index in [-0.39, 0.29) is 15.2 Å². The van der Waals surface area contributed by atoms with Crippen molar-refractivity contribution >= 4 is 29.2 Å². The van der Waals surface area contributed by atoms with E-state index in [0.29, 0.717) is 0 Å². The van der Waals surface area contributed by atoms with Crippen LogP contribution in [0.3, 0.4) is 0 Å². The first-order chi connectivity index (χ1) is 10.5. The van der Waals surface area contributed by atoms with Crippen molar-refractivity contribution in [1.82, 2.24) is 0 Å². The molecule has 2 aromatic carbocycles. The van der Waals surface area contributed by atoms with Gasteiger partial charge in [-0.2, -0.15) is 0 Å². The van der Waals surface area contributed by atoms with Gasteiger partial charge in [-0.3, -0.25) is 10.1 Å². The third-order valence-corrected chi connectivity index (χ3v) is 6.87. The first-order valence-corrected chi connectivity index (χ1v) is 9.21. The van der Waals surface area contributed by atoms with E-state index in [1.165, 1.54) is 22.3 Å². The number of benzene rings is 2.